The van der Waals surface area contributed by atoms with E-state index in [-0.39, 0.29) is 30.5 Å². The minimum absolute atomic E-state index is 0.00570. The van der Waals surface area contributed by atoms with Gasteiger partial charge in [0.2, 0.25) is 0 Å². The van der Waals surface area contributed by atoms with Gasteiger partial charge in [0.05, 0.1) is 24.8 Å². The normalized spacial score (nSPS) is 20.0. The third-order valence-electron chi connectivity index (χ3n) is 5.00. The van der Waals surface area contributed by atoms with Crippen LogP contribution in [0.25, 0.3) is 0 Å². The van der Waals surface area contributed by atoms with Gasteiger partial charge in [-0.3, -0.25) is 9.69 Å². The van der Waals surface area contributed by atoms with Crippen LogP contribution >= 0.6 is 23.2 Å². The van der Waals surface area contributed by atoms with E-state index >= 15 is 0 Å². The Balaban J connectivity index is 1.65. The molecule has 0 aliphatic carbocycles. The van der Waals surface area contributed by atoms with Crippen LogP contribution in [0, 0.1) is 11.6 Å². The van der Waals surface area contributed by atoms with E-state index in [4.69, 9.17) is 33.7 Å². The highest BCUT2D eigenvalue weighted by molar-refractivity contribution is 6.53. The molecule has 2 saturated heterocycles. The maximum Gasteiger partial charge on any atom is 0.414 e. The zero-order valence-electron chi connectivity index (χ0n) is 16.8. The topological polar surface area (TPSA) is 125 Å². The van der Waals surface area contributed by atoms with E-state index in [1.807, 2.05) is 0 Å². The minimum Gasteiger partial charge on any atom is -0.442 e. The summed E-state index contributed by atoms with van der Waals surface area (Å²) in [5.41, 5.74) is 4.93. The SMILES string of the molecule is N/C=N\N=NC1CCN(c2c(F)cc(N3CC(CNC(=O)C(Cl)Cl)OC3=O)cc2F)CC1. The molecule has 174 valence electrons. The van der Waals surface area contributed by atoms with E-state index in [0.717, 1.165) is 23.4 Å². The standard InChI is InChI=1S/C18H21Cl2F2N7O3/c19-16(20)17(30)24-7-12-8-29(18(31)32-12)11-5-13(21)15(14(22)6-11)28-3-1-10(2-4-28)26-27-25-9-23/h5-6,9-10,12,16H,1-4,7-8H2,(H,24,30)(H2,23,25,26). The van der Waals surface area contributed by atoms with Crippen molar-refractivity contribution in [1.82, 2.24) is 5.32 Å². The van der Waals surface area contributed by atoms with E-state index in [2.05, 4.69) is 20.8 Å². The molecule has 3 N–H and O–H groups in total. The second-order valence-corrected chi connectivity index (χ2v) is 8.20. The van der Waals surface area contributed by atoms with Gasteiger partial charge in [0.25, 0.3) is 5.91 Å². The van der Waals surface area contributed by atoms with Crippen molar-refractivity contribution < 1.29 is 23.1 Å². The monoisotopic (exact) mass is 491 g/mol. The highest BCUT2D eigenvalue weighted by Crippen LogP contribution is 2.32. The van der Waals surface area contributed by atoms with Crippen LogP contribution in [-0.4, -0.2) is 61.5 Å². The largest absolute Gasteiger partial charge is 0.442 e. The summed E-state index contributed by atoms with van der Waals surface area (Å²) in [6, 6.07) is 2.05. The maximum absolute atomic E-state index is 14.8. The number of nitrogens with one attached hydrogen (secondary N) is 1. The van der Waals surface area contributed by atoms with Crippen molar-refractivity contribution >= 4 is 52.9 Å². The smallest absolute Gasteiger partial charge is 0.414 e. The van der Waals surface area contributed by atoms with Crippen LogP contribution in [0.2, 0.25) is 0 Å². The van der Waals surface area contributed by atoms with Crippen molar-refractivity contribution in [2.24, 2.45) is 21.2 Å². The van der Waals surface area contributed by atoms with Gasteiger partial charge in [-0.15, -0.1) is 5.10 Å². The summed E-state index contributed by atoms with van der Waals surface area (Å²) < 4.78 is 34.8. The number of cyclic esters (lactones) is 1. The van der Waals surface area contributed by atoms with Crippen LogP contribution in [0.4, 0.5) is 25.0 Å². The molecule has 14 heteroatoms. The molecule has 1 aromatic rings. The summed E-state index contributed by atoms with van der Waals surface area (Å²) in [6.07, 6.45) is 0.605. The molecule has 0 spiro atoms. The van der Waals surface area contributed by atoms with Crippen LogP contribution in [0.5, 0.6) is 0 Å². The molecule has 2 heterocycles. The zero-order valence-corrected chi connectivity index (χ0v) is 18.3. The predicted octanol–water partition coefficient (Wildman–Crippen LogP) is 2.53. The number of alkyl halides is 2. The fourth-order valence-corrected chi connectivity index (χ4v) is 3.63. The van der Waals surface area contributed by atoms with Gasteiger partial charge in [0.1, 0.15) is 18.1 Å². The Morgan fingerprint density at radius 1 is 1.31 bits per heavy atom. The summed E-state index contributed by atoms with van der Waals surface area (Å²) in [6.45, 7) is 0.703. The van der Waals surface area contributed by atoms with Gasteiger partial charge in [-0.2, -0.15) is 5.11 Å². The van der Waals surface area contributed by atoms with Gasteiger partial charge >= 0.3 is 6.09 Å². The molecule has 1 unspecified atom stereocenters. The summed E-state index contributed by atoms with van der Waals surface area (Å²) in [5.74, 6) is -2.24. The Bertz CT molecular complexity index is 888. The number of hydrogen-bond donors (Lipinski definition) is 2. The average molecular weight is 492 g/mol. The lowest BCUT2D eigenvalue weighted by Crippen LogP contribution is -2.37. The summed E-state index contributed by atoms with van der Waals surface area (Å²) in [5, 5.41) is 13.4. The molecular formula is C18H21Cl2F2N7O3. The third kappa shape index (κ3) is 5.74. The highest BCUT2D eigenvalue weighted by Gasteiger charge is 2.34. The lowest BCUT2D eigenvalue weighted by atomic mass is 10.0. The van der Waals surface area contributed by atoms with Crippen molar-refractivity contribution in [3.05, 3.63) is 23.8 Å². The molecule has 0 radical (unpaired) electrons. The van der Waals surface area contributed by atoms with E-state index in [1.165, 1.54) is 0 Å². The molecule has 2 aliphatic rings. The highest BCUT2D eigenvalue weighted by atomic mass is 35.5. The molecular weight excluding hydrogens is 471 g/mol. The maximum atomic E-state index is 14.8. The van der Waals surface area contributed by atoms with Crippen molar-refractivity contribution in [3.63, 3.8) is 0 Å². The van der Waals surface area contributed by atoms with Crippen LogP contribution in [0.1, 0.15) is 12.8 Å². The number of ether oxygens (including phenoxy) is 1. The molecule has 1 aromatic carbocycles. The second kappa shape index (κ2) is 10.7. The summed E-state index contributed by atoms with van der Waals surface area (Å²) >= 11 is 10.9. The third-order valence-corrected chi connectivity index (χ3v) is 5.40. The van der Waals surface area contributed by atoms with Crippen LogP contribution in [-0.2, 0) is 9.53 Å². The second-order valence-electron chi connectivity index (χ2n) is 7.11. The number of carbonyl (C=O) groups excluding carboxylic acids is 2. The molecule has 1 atom stereocenters. The first kappa shape index (κ1) is 23.9. The van der Waals surface area contributed by atoms with Crippen LogP contribution in [0.15, 0.2) is 27.6 Å². The van der Waals surface area contributed by atoms with E-state index in [1.54, 1.807) is 4.90 Å². The van der Waals surface area contributed by atoms with E-state index in [9.17, 15) is 18.4 Å². The molecule has 2 amide bonds. The number of halogens is 4. The number of piperidine rings is 1. The fraction of sp³-hybridized carbons (Fsp3) is 0.500. The number of hydrogen-bond acceptors (Lipinski definition) is 6. The number of benzene rings is 1. The number of anilines is 2. The molecule has 0 bridgehead atoms. The first-order valence-corrected chi connectivity index (χ1v) is 10.6. The Morgan fingerprint density at radius 3 is 2.56 bits per heavy atom. The summed E-state index contributed by atoms with van der Waals surface area (Å²) in [7, 11) is 0. The van der Waals surface area contributed by atoms with Crippen molar-refractivity contribution in [3.8, 4) is 0 Å². The molecule has 0 aromatic heterocycles. The quantitative estimate of drug-likeness (QED) is 0.199. The van der Waals surface area contributed by atoms with E-state index < -0.39 is 34.6 Å². The van der Waals surface area contributed by atoms with Crippen LogP contribution in [0.3, 0.4) is 0 Å². The van der Waals surface area contributed by atoms with Gasteiger partial charge in [0, 0.05) is 25.2 Å². The average Bonchev–Trinajstić information content (AvgIpc) is 3.13. The van der Waals surface area contributed by atoms with E-state index in [0.29, 0.717) is 25.9 Å². The fourth-order valence-electron chi connectivity index (χ4n) is 3.48. The van der Waals surface area contributed by atoms with Gasteiger partial charge in [-0.25, -0.2) is 13.6 Å². The molecule has 32 heavy (non-hydrogen) atoms. The number of rotatable bonds is 7. The minimum atomic E-state index is -1.26. The zero-order chi connectivity index (χ0) is 23.3. The molecule has 3 rings (SSSR count). The molecule has 2 aliphatic heterocycles. The number of carbonyl (C=O) groups is 2. The Morgan fingerprint density at radius 2 is 1.97 bits per heavy atom. The Labute approximate surface area is 192 Å². The number of amides is 2. The van der Waals surface area contributed by atoms with Crippen molar-refractivity contribution in [2.75, 3.05) is 36.0 Å². The molecule has 10 nitrogen and oxygen atoms in total. The van der Waals surface area contributed by atoms with Crippen LogP contribution < -0.4 is 20.9 Å². The van der Waals surface area contributed by atoms with Gasteiger partial charge in [-0.1, -0.05) is 23.2 Å². The predicted molar refractivity (Wildman–Crippen MR) is 115 cm³/mol. The lowest BCUT2D eigenvalue weighted by Gasteiger charge is -2.32. The Hall–Kier alpha value is -2.73. The first-order valence-electron chi connectivity index (χ1n) is 9.71. The van der Waals surface area contributed by atoms with Gasteiger partial charge in [-0.05, 0) is 18.1 Å². The van der Waals surface area contributed by atoms with Crippen molar-refractivity contribution in [1.29, 1.82) is 0 Å². The summed E-state index contributed by atoms with van der Waals surface area (Å²) in [4.78, 5) is 25.0. The van der Waals surface area contributed by atoms with Crippen molar-refractivity contribution in [2.45, 2.75) is 29.8 Å². The molecule has 2 fully saturated rings. The van der Waals surface area contributed by atoms with Gasteiger partial charge < -0.3 is 20.7 Å². The number of nitrogens with zero attached hydrogens (tertiary/aromatic N) is 5. The molecule has 0 saturated carbocycles. The first-order chi connectivity index (χ1) is 15.3. The van der Waals surface area contributed by atoms with Gasteiger partial charge in [0.15, 0.2) is 16.5 Å². The Kier molecular flexibility index (Phi) is 8.02. The lowest BCUT2D eigenvalue weighted by molar-refractivity contribution is -0.119. The number of nitrogens with two attached hydrogens (primary N) is 1.